The van der Waals surface area contributed by atoms with Gasteiger partial charge >= 0.3 is 0 Å². The summed E-state index contributed by atoms with van der Waals surface area (Å²) >= 11 is 0. The predicted octanol–water partition coefficient (Wildman–Crippen LogP) is 5.45. The van der Waals surface area contributed by atoms with E-state index in [0.717, 1.165) is 33.2 Å². The lowest BCUT2D eigenvalue weighted by Crippen LogP contribution is -2.31. The van der Waals surface area contributed by atoms with Crippen molar-refractivity contribution in [3.63, 3.8) is 0 Å². The third-order valence-electron chi connectivity index (χ3n) is 5.15. The van der Waals surface area contributed by atoms with Crippen LogP contribution >= 0.6 is 0 Å². The second-order valence-corrected chi connectivity index (χ2v) is 6.92. The van der Waals surface area contributed by atoms with E-state index in [-0.39, 0.29) is 0 Å². The molecule has 27 heavy (non-hydrogen) atoms. The molecular formula is C24H19N2O+. The molecule has 0 bridgehead atoms. The van der Waals surface area contributed by atoms with Crippen molar-refractivity contribution < 1.29 is 8.98 Å². The standard InChI is InChI=1S/C24H19N2O/c1-16-13-17(7-9-19(16)22-11-12-25-15-26(22)2)18-8-10-21-20-5-3-4-6-23(20)27-24(21)14-18/h3-15H,1-2H3/q+1. The molecule has 3 aromatic carbocycles. The monoisotopic (exact) mass is 351 g/mol. The fourth-order valence-electron chi connectivity index (χ4n) is 3.75. The van der Waals surface area contributed by atoms with Crippen molar-refractivity contribution in [3.05, 3.63) is 84.8 Å². The average molecular weight is 351 g/mol. The second kappa shape index (κ2) is 6.06. The number of para-hydroxylation sites is 1. The molecule has 0 unspecified atom stereocenters. The van der Waals surface area contributed by atoms with Gasteiger partial charge in [-0.15, -0.1) is 0 Å². The van der Waals surface area contributed by atoms with Gasteiger partial charge in [0.2, 0.25) is 0 Å². The highest BCUT2D eigenvalue weighted by molar-refractivity contribution is 6.05. The first-order chi connectivity index (χ1) is 13.2. The van der Waals surface area contributed by atoms with Gasteiger partial charge in [0, 0.05) is 22.4 Å². The van der Waals surface area contributed by atoms with Crippen LogP contribution in [0.2, 0.25) is 0 Å². The molecule has 0 aliphatic carbocycles. The van der Waals surface area contributed by atoms with Crippen LogP contribution in [0.3, 0.4) is 0 Å². The molecule has 5 rings (SSSR count). The zero-order chi connectivity index (χ0) is 18.4. The van der Waals surface area contributed by atoms with E-state index in [1.165, 1.54) is 16.7 Å². The van der Waals surface area contributed by atoms with Gasteiger partial charge in [-0.3, -0.25) is 0 Å². The van der Waals surface area contributed by atoms with Crippen LogP contribution in [-0.4, -0.2) is 4.98 Å². The number of aromatic nitrogens is 2. The van der Waals surface area contributed by atoms with E-state index in [1.54, 1.807) is 0 Å². The molecule has 0 aliphatic heterocycles. The van der Waals surface area contributed by atoms with Crippen LogP contribution in [0.4, 0.5) is 0 Å². The number of nitrogens with zero attached hydrogens (tertiary/aromatic N) is 2. The molecule has 0 saturated carbocycles. The van der Waals surface area contributed by atoms with Gasteiger partial charge in [-0.25, -0.2) is 4.57 Å². The van der Waals surface area contributed by atoms with Crippen LogP contribution in [0.1, 0.15) is 5.56 Å². The first kappa shape index (κ1) is 15.8. The van der Waals surface area contributed by atoms with Gasteiger partial charge in [0.25, 0.3) is 6.33 Å². The molecule has 0 radical (unpaired) electrons. The Labute approximate surface area is 157 Å². The summed E-state index contributed by atoms with van der Waals surface area (Å²) in [7, 11) is 2.02. The van der Waals surface area contributed by atoms with Crippen LogP contribution in [0.15, 0.2) is 83.7 Å². The molecule has 3 heteroatoms. The van der Waals surface area contributed by atoms with Crippen molar-refractivity contribution in [3.8, 4) is 22.4 Å². The molecule has 2 heterocycles. The van der Waals surface area contributed by atoms with Gasteiger partial charge in [-0.1, -0.05) is 41.4 Å². The lowest BCUT2D eigenvalue weighted by atomic mass is 9.97. The van der Waals surface area contributed by atoms with E-state index in [0.29, 0.717) is 0 Å². The molecule has 0 amide bonds. The van der Waals surface area contributed by atoms with Crippen LogP contribution < -0.4 is 4.57 Å². The molecule has 2 aromatic heterocycles. The van der Waals surface area contributed by atoms with Crippen molar-refractivity contribution in [2.45, 2.75) is 6.92 Å². The summed E-state index contributed by atoms with van der Waals surface area (Å²) in [6.45, 7) is 2.15. The minimum atomic E-state index is 0.927. The van der Waals surface area contributed by atoms with E-state index >= 15 is 0 Å². The predicted molar refractivity (Wildman–Crippen MR) is 108 cm³/mol. The Bertz CT molecular complexity index is 1300. The molecule has 0 N–H and O–H groups in total. The molecule has 3 nitrogen and oxygen atoms in total. The van der Waals surface area contributed by atoms with E-state index < -0.39 is 0 Å². The fourth-order valence-corrected chi connectivity index (χ4v) is 3.75. The van der Waals surface area contributed by atoms with Crippen LogP contribution in [-0.2, 0) is 7.05 Å². The summed E-state index contributed by atoms with van der Waals surface area (Å²) in [4.78, 5) is 4.16. The minimum absolute atomic E-state index is 0.927. The molecule has 130 valence electrons. The summed E-state index contributed by atoms with van der Waals surface area (Å²) in [6.07, 6.45) is 3.66. The van der Waals surface area contributed by atoms with Crippen LogP contribution in [0.5, 0.6) is 0 Å². The summed E-state index contributed by atoms with van der Waals surface area (Å²) in [5, 5.41) is 2.32. The number of benzene rings is 3. The quantitative estimate of drug-likeness (QED) is 0.396. The maximum atomic E-state index is 6.04. The Kier molecular flexibility index (Phi) is 3.54. The highest BCUT2D eigenvalue weighted by Crippen LogP contribution is 2.33. The van der Waals surface area contributed by atoms with Crippen molar-refractivity contribution >= 4 is 21.9 Å². The van der Waals surface area contributed by atoms with E-state index in [4.69, 9.17) is 4.42 Å². The van der Waals surface area contributed by atoms with Crippen LogP contribution in [0.25, 0.3) is 44.3 Å². The second-order valence-electron chi connectivity index (χ2n) is 6.92. The molecule has 0 aliphatic rings. The third kappa shape index (κ3) is 2.59. The minimum Gasteiger partial charge on any atom is -0.456 e. The van der Waals surface area contributed by atoms with Gasteiger partial charge < -0.3 is 4.42 Å². The van der Waals surface area contributed by atoms with E-state index in [1.807, 2.05) is 48.4 Å². The Hall–Kier alpha value is -3.46. The maximum absolute atomic E-state index is 6.04. The van der Waals surface area contributed by atoms with Crippen molar-refractivity contribution in [1.29, 1.82) is 0 Å². The molecule has 0 atom stereocenters. The van der Waals surface area contributed by atoms with Gasteiger partial charge in [-0.2, -0.15) is 0 Å². The number of hydrogen-bond donors (Lipinski definition) is 0. The SMILES string of the molecule is Cc1cc(-c2ccc3c(c2)oc2ccccc23)ccc1-c1ccnc[n+]1C. The lowest BCUT2D eigenvalue weighted by Gasteiger charge is -2.09. The van der Waals surface area contributed by atoms with Crippen molar-refractivity contribution in [1.82, 2.24) is 4.98 Å². The number of hydrogen-bond acceptors (Lipinski definition) is 2. The topological polar surface area (TPSA) is 29.9 Å². The first-order valence-electron chi connectivity index (χ1n) is 9.03. The number of aryl methyl sites for hydroxylation is 2. The first-order valence-corrected chi connectivity index (χ1v) is 9.03. The number of rotatable bonds is 2. The lowest BCUT2D eigenvalue weighted by molar-refractivity contribution is -0.663. The maximum Gasteiger partial charge on any atom is 0.286 e. The Morgan fingerprint density at radius 1 is 0.815 bits per heavy atom. The highest BCUT2D eigenvalue weighted by Gasteiger charge is 2.12. The largest absolute Gasteiger partial charge is 0.456 e. The van der Waals surface area contributed by atoms with Gasteiger partial charge in [0.05, 0.1) is 7.05 Å². The zero-order valence-electron chi connectivity index (χ0n) is 15.3. The van der Waals surface area contributed by atoms with Crippen molar-refractivity contribution in [2.24, 2.45) is 7.05 Å². The molecule has 0 saturated heterocycles. The Morgan fingerprint density at radius 2 is 1.59 bits per heavy atom. The van der Waals surface area contributed by atoms with Gasteiger partial charge in [0.15, 0.2) is 0 Å². The van der Waals surface area contributed by atoms with Gasteiger partial charge in [-0.05, 0) is 47.9 Å². The summed E-state index contributed by atoms with van der Waals surface area (Å²) in [6, 6.07) is 23.3. The normalized spacial score (nSPS) is 11.3. The summed E-state index contributed by atoms with van der Waals surface area (Å²) < 4.78 is 8.09. The average Bonchev–Trinajstić information content (AvgIpc) is 3.06. The molecule has 0 spiro atoms. The van der Waals surface area contributed by atoms with E-state index in [9.17, 15) is 0 Å². The van der Waals surface area contributed by atoms with Gasteiger partial charge in [0.1, 0.15) is 23.1 Å². The highest BCUT2D eigenvalue weighted by atomic mass is 16.3. The molecular weight excluding hydrogens is 332 g/mol. The molecule has 0 fully saturated rings. The number of fused-ring (bicyclic) bond motifs is 3. The Morgan fingerprint density at radius 3 is 2.44 bits per heavy atom. The van der Waals surface area contributed by atoms with Crippen LogP contribution in [0, 0.1) is 6.92 Å². The summed E-state index contributed by atoms with van der Waals surface area (Å²) in [5.41, 5.74) is 7.82. The third-order valence-corrected chi connectivity index (χ3v) is 5.15. The summed E-state index contributed by atoms with van der Waals surface area (Å²) in [5.74, 6) is 0. The van der Waals surface area contributed by atoms with Crippen molar-refractivity contribution in [2.75, 3.05) is 0 Å². The fraction of sp³-hybridized carbons (Fsp3) is 0.0833. The van der Waals surface area contributed by atoms with E-state index in [2.05, 4.69) is 54.4 Å². The molecule has 5 aromatic rings. The zero-order valence-corrected chi connectivity index (χ0v) is 15.3. The Balaban J connectivity index is 1.61. The number of furan rings is 1. The smallest absolute Gasteiger partial charge is 0.286 e.